The maximum absolute atomic E-state index is 5.46. The van der Waals surface area contributed by atoms with E-state index in [1.54, 1.807) is 14.2 Å². The van der Waals surface area contributed by atoms with Gasteiger partial charge in [0.1, 0.15) is 11.5 Å². The van der Waals surface area contributed by atoms with Gasteiger partial charge in [-0.05, 0) is 32.9 Å². The lowest BCUT2D eigenvalue weighted by Gasteiger charge is -2.20. The molecular formula is C16H23N3O2. The molecule has 2 rings (SSSR count). The third-order valence-corrected chi connectivity index (χ3v) is 3.21. The minimum atomic E-state index is 0.0541. The molecule has 0 amide bonds. The molecule has 21 heavy (non-hydrogen) atoms. The van der Waals surface area contributed by atoms with Gasteiger partial charge in [0.05, 0.1) is 26.1 Å². The van der Waals surface area contributed by atoms with Crippen molar-refractivity contribution in [3.63, 3.8) is 0 Å². The average Bonchev–Trinajstić information content (AvgIpc) is 2.91. The van der Waals surface area contributed by atoms with E-state index in [4.69, 9.17) is 9.47 Å². The maximum Gasteiger partial charge on any atom is 0.131 e. The van der Waals surface area contributed by atoms with Gasteiger partial charge in [-0.25, -0.2) is 0 Å². The number of benzene rings is 1. The standard InChI is InChI=1S/C16H23N3O2/c1-16(2,3)17-9-11-10-18-19-15(11)13-7-6-12(20-4)8-14(13)21-5/h6-8,10,17H,9H2,1-5H3,(H,18,19). The quantitative estimate of drug-likeness (QED) is 0.888. The summed E-state index contributed by atoms with van der Waals surface area (Å²) in [6.45, 7) is 7.16. The second kappa shape index (κ2) is 6.18. The van der Waals surface area contributed by atoms with Crippen LogP contribution in [-0.2, 0) is 6.54 Å². The fourth-order valence-electron chi connectivity index (χ4n) is 2.04. The first-order valence-corrected chi connectivity index (χ1v) is 6.94. The molecular weight excluding hydrogens is 266 g/mol. The van der Waals surface area contributed by atoms with E-state index < -0.39 is 0 Å². The molecule has 5 heteroatoms. The van der Waals surface area contributed by atoms with Crippen LogP contribution in [0.25, 0.3) is 11.3 Å². The van der Waals surface area contributed by atoms with E-state index >= 15 is 0 Å². The highest BCUT2D eigenvalue weighted by Gasteiger charge is 2.15. The van der Waals surface area contributed by atoms with Crippen molar-refractivity contribution in [3.8, 4) is 22.8 Å². The third kappa shape index (κ3) is 3.76. The lowest BCUT2D eigenvalue weighted by Crippen LogP contribution is -2.35. The van der Waals surface area contributed by atoms with Gasteiger partial charge in [0.25, 0.3) is 0 Å². The van der Waals surface area contributed by atoms with Gasteiger partial charge in [0.15, 0.2) is 0 Å². The second-order valence-electron chi connectivity index (χ2n) is 5.94. The van der Waals surface area contributed by atoms with Crippen LogP contribution in [0.1, 0.15) is 26.3 Å². The Morgan fingerprint density at radius 2 is 1.95 bits per heavy atom. The maximum atomic E-state index is 5.46. The van der Waals surface area contributed by atoms with Crippen molar-refractivity contribution in [1.82, 2.24) is 15.5 Å². The highest BCUT2D eigenvalue weighted by Crippen LogP contribution is 2.33. The number of aromatic nitrogens is 2. The molecule has 0 unspecified atom stereocenters. The molecule has 0 atom stereocenters. The highest BCUT2D eigenvalue weighted by atomic mass is 16.5. The molecule has 1 aromatic heterocycles. The van der Waals surface area contributed by atoms with Crippen LogP contribution < -0.4 is 14.8 Å². The van der Waals surface area contributed by atoms with Crippen LogP contribution in [0.15, 0.2) is 24.4 Å². The van der Waals surface area contributed by atoms with Crippen LogP contribution in [-0.4, -0.2) is 30.0 Å². The van der Waals surface area contributed by atoms with E-state index in [1.165, 1.54) is 0 Å². The van der Waals surface area contributed by atoms with Gasteiger partial charge >= 0.3 is 0 Å². The summed E-state index contributed by atoms with van der Waals surface area (Å²) >= 11 is 0. The zero-order valence-electron chi connectivity index (χ0n) is 13.3. The molecule has 0 saturated carbocycles. The summed E-state index contributed by atoms with van der Waals surface area (Å²) in [5.74, 6) is 1.53. The van der Waals surface area contributed by atoms with Crippen molar-refractivity contribution in [2.75, 3.05) is 14.2 Å². The SMILES string of the molecule is COc1ccc(-c2[nH]ncc2CNC(C)(C)C)c(OC)c1. The average molecular weight is 289 g/mol. The number of hydrogen-bond acceptors (Lipinski definition) is 4. The summed E-state index contributed by atoms with van der Waals surface area (Å²) in [5.41, 5.74) is 3.10. The largest absolute Gasteiger partial charge is 0.497 e. The molecule has 0 radical (unpaired) electrons. The lowest BCUT2D eigenvalue weighted by atomic mass is 10.0. The molecule has 2 aromatic rings. The summed E-state index contributed by atoms with van der Waals surface area (Å²) in [6.07, 6.45) is 1.84. The minimum Gasteiger partial charge on any atom is -0.497 e. The predicted molar refractivity (Wildman–Crippen MR) is 83.7 cm³/mol. The summed E-state index contributed by atoms with van der Waals surface area (Å²) < 4.78 is 10.7. The first kappa shape index (κ1) is 15.4. The zero-order valence-corrected chi connectivity index (χ0v) is 13.3. The monoisotopic (exact) mass is 289 g/mol. The van der Waals surface area contributed by atoms with Gasteiger partial charge in [-0.1, -0.05) is 0 Å². The van der Waals surface area contributed by atoms with Crippen molar-refractivity contribution < 1.29 is 9.47 Å². The number of ether oxygens (including phenoxy) is 2. The Morgan fingerprint density at radius 3 is 2.57 bits per heavy atom. The van der Waals surface area contributed by atoms with Crippen LogP contribution in [0.2, 0.25) is 0 Å². The Kier molecular flexibility index (Phi) is 4.53. The van der Waals surface area contributed by atoms with Crippen molar-refractivity contribution in [2.24, 2.45) is 0 Å². The minimum absolute atomic E-state index is 0.0541. The Balaban J connectivity index is 2.32. The van der Waals surface area contributed by atoms with Gasteiger partial charge in [-0.15, -0.1) is 0 Å². The fourth-order valence-corrected chi connectivity index (χ4v) is 2.04. The van der Waals surface area contributed by atoms with E-state index in [1.807, 2.05) is 24.4 Å². The third-order valence-electron chi connectivity index (χ3n) is 3.21. The molecule has 0 fully saturated rings. The Bertz CT molecular complexity index is 600. The lowest BCUT2D eigenvalue weighted by molar-refractivity contribution is 0.395. The van der Waals surface area contributed by atoms with Crippen molar-refractivity contribution in [1.29, 1.82) is 0 Å². The highest BCUT2D eigenvalue weighted by molar-refractivity contribution is 5.71. The zero-order chi connectivity index (χ0) is 15.5. The number of methoxy groups -OCH3 is 2. The molecule has 0 spiro atoms. The molecule has 0 saturated heterocycles. The number of nitrogens with one attached hydrogen (secondary N) is 2. The Morgan fingerprint density at radius 1 is 1.19 bits per heavy atom. The Labute approximate surface area is 125 Å². The number of nitrogens with zero attached hydrogens (tertiary/aromatic N) is 1. The van der Waals surface area contributed by atoms with E-state index in [0.29, 0.717) is 0 Å². The second-order valence-corrected chi connectivity index (χ2v) is 5.94. The molecule has 0 aliphatic rings. The normalized spacial score (nSPS) is 11.5. The molecule has 0 aliphatic heterocycles. The fraction of sp³-hybridized carbons (Fsp3) is 0.438. The molecule has 1 heterocycles. The van der Waals surface area contributed by atoms with E-state index in [9.17, 15) is 0 Å². The smallest absolute Gasteiger partial charge is 0.131 e. The van der Waals surface area contributed by atoms with E-state index in [-0.39, 0.29) is 5.54 Å². The Hall–Kier alpha value is -2.01. The van der Waals surface area contributed by atoms with Crippen molar-refractivity contribution >= 4 is 0 Å². The summed E-state index contributed by atoms with van der Waals surface area (Å²) in [4.78, 5) is 0. The molecule has 2 N–H and O–H groups in total. The van der Waals surface area contributed by atoms with Crippen LogP contribution >= 0.6 is 0 Å². The molecule has 0 bridgehead atoms. The summed E-state index contributed by atoms with van der Waals surface area (Å²) in [5, 5.41) is 10.7. The predicted octanol–water partition coefficient (Wildman–Crippen LogP) is 2.98. The van der Waals surface area contributed by atoms with Gasteiger partial charge in [0, 0.05) is 29.3 Å². The first-order valence-electron chi connectivity index (χ1n) is 6.94. The first-order chi connectivity index (χ1) is 9.94. The van der Waals surface area contributed by atoms with Gasteiger partial charge in [0.2, 0.25) is 0 Å². The van der Waals surface area contributed by atoms with E-state index in [2.05, 4.69) is 36.3 Å². The molecule has 1 aromatic carbocycles. The van der Waals surface area contributed by atoms with E-state index in [0.717, 1.165) is 34.9 Å². The van der Waals surface area contributed by atoms with Crippen LogP contribution in [0, 0.1) is 0 Å². The number of rotatable bonds is 5. The topological polar surface area (TPSA) is 59.2 Å². The van der Waals surface area contributed by atoms with Gasteiger partial charge in [-0.2, -0.15) is 5.10 Å². The van der Waals surface area contributed by atoms with Crippen LogP contribution in [0.4, 0.5) is 0 Å². The van der Waals surface area contributed by atoms with Crippen LogP contribution in [0.3, 0.4) is 0 Å². The van der Waals surface area contributed by atoms with Crippen molar-refractivity contribution in [3.05, 3.63) is 30.0 Å². The van der Waals surface area contributed by atoms with Gasteiger partial charge in [-0.3, -0.25) is 5.10 Å². The summed E-state index contributed by atoms with van der Waals surface area (Å²) in [7, 11) is 3.30. The molecule has 114 valence electrons. The molecule has 5 nitrogen and oxygen atoms in total. The number of H-pyrrole nitrogens is 1. The molecule has 0 aliphatic carbocycles. The number of aromatic amines is 1. The van der Waals surface area contributed by atoms with Gasteiger partial charge < -0.3 is 14.8 Å². The number of hydrogen-bond donors (Lipinski definition) is 2. The summed E-state index contributed by atoms with van der Waals surface area (Å²) in [6, 6.07) is 5.77. The van der Waals surface area contributed by atoms with Crippen LogP contribution in [0.5, 0.6) is 11.5 Å². The van der Waals surface area contributed by atoms with Crippen molar-refractivity contribution in [2.45, 2.75) is 32.9 Å².